The van der Waals surface area contributed by atoms with Crippen LogP contribution < -0.4 is 5.73 Å². The van der Waals surface area contributed by atoms with Crippen LogP contribution in [0.3, 0.4) is 0 Å². The van der Waals surface area contributed by atoms with E-state index in [-0.39, 0.29) is 0 Å². The Labute approximate surface area is 84.9 Å². The first-order valence-corrected chi connectivity index (χ1v) is 4.92. The average molecular weight is 185 g/mol. The Bertz CT molecular complexity index is 425. The third-order valence-corrected chi connectivity index (χ3v) is 2.77. The van der Waals surface area contributed by atoms with Gasteiger partial charge in [-0.3, -0.25) is 0 Å². The summed E-state index contributed by atoms with van der Waals surface area (Å²) in [6.07, 6.45) is 3.33. The number of allylic oxidation sites excluding steroid dienone is 4. The van der Waals surface area contributed by atoms with E-state index >= 15 is 0 Å². The molecule has 0 atom stereocenters. The Hall–Kier alpha value is -1.50. The van der Waals surface area contributed by atoms with Gasteiger partial charge < -0.3 is 5.73 Å². The minimum atomic E-state index is 0.872. The number of rotatable bonds is 1. The van der Waals surface area contributed by atoms with Crippen molar-refractivity contribution in [3.63, 3.8) is 0 Å². The van der Waals surface area contributed by atoms with E-state index in [0.29, 0.717) is 0 Å². The molecule has 14 heavy (non-hydrogen) atoms. The topological polar surface area (TPSA) is 26.0 Å². The first-order chi connectivity index (χ1) is 6.70. The fourth-order valence-corrected chi connectivity index (χ4v) is 2.01. The van der Waals surface area contributed by atoms with Gasteiger partial charge in [-0.25, -0.2) is 0 Å². The van der Waals surface area contributed by atoms with Gasteiger partial charge in [0.15, 0.2) is 0 Å². The summed E-state index contributed by atoms with van der Waals surface area (Å²) >= 11 is 0. The van der Waals surface area contributed by atoms with Crippen molar-refractivity contribution in [2.75, 3.05) is 5.73 Å². The molecule has 0 bridgehead atoms. The largest absolute Gasteiger partial charge is 0.398 e. The summed E-state index contributed by atoms with van der Waals surface area (Å²) in [5.41, 5.74) is 12.1. The van der Waals surface area contributed by atoms with Crippen molar-refractivity contribution in [3.8, 4) is 0 Å². The van der Waals surface area contributed by atoms with Crippen LogP contribution in [-0.2, 0) is 0 Å². The lowest BCUT2D eigenvalue weighted by Crippen LogP contribution is -1.94. The second-order valence-corrected chi connectivity index (χ2v) is 3.83. The lowest BCUT2D eigenvalue weighted by Gasteiger charge is -2.09. The number of hydrogen-bond donors (Lipinski definition) is 1. The van der Waals surface area contributed by atoms with Gasteiger partial charge >= 0.3 is 0 Å². The van der Waals surface area contributed by atoms with Crippen molar-refractivity contribution in [2.24, 2.45) is 0 Å². The van der Waals surface area contributed by atoms with Crippen molar-refractivity contribution < 1.29 is 0 Å². The van der Waals surface area contributed by atoms with Gasteiger partial charge in [-0.2, -0.15) is 0 Å². The highest BCUT2D eigenvalue weighted by Gasteiger charge is 2.14. The quantitative estimate of drug-likeness (QED) is 0.667. The van der Waals surface area contributed by atoms with E-state index in [4.69, 9.17) is 5.73 Å². The molecule has 0 fully saturated rings. The Morgan fingerprint density at radius 2 is 1.86 bits per heavy atom. The predicted molar refractivity (Wildman–Crippen MR) is 61.8 cm³/mol. The molecule has 0 aromatic heterocycles. The van der Waals surface area contributed by atoms with Gasteiger partial charge in [0.25, 0.3) is 0 Å². The molecule has 2 N–H and O–H groups in total. The van der Waals surface area contributed by atoms with Crippen LogP contribution in [-0.4, -0.2) is 0 Å². The maximum atomic E-state index is 5.96. The molecule has 72 valence electrons. The van der Waals surface area contributed by atoms with E-state index in [0.717, 1.165) is 12.1 Å². The molecular formula is C13H15N. The lowest BCUT2D eigenvalue weighted by atomic mass is 9.97. The highest BCUT2D eigenvalue weighted by atomic mass is 14.6. The van der Waals surface area contributed by atoms with Gasteiger partial charge in [0, 0.05) is 11.3 Å². The van der Waals surface area contributed by atoms with Crippen LogP contribution in [0, 0.1) is 0 Å². The highest BCUT2D eigenvalue weighted by Crippen LogP contribution is 2.36. The molecule has 1 nitrogen and oxygen atoms in total. The molecule has 1 aliphatic carbocycles. The SMILES string of the molecule is CC1=CCC(C)=C1c1ccccc1N. The third kappa shape index (κ3) is 1.35. The fourth-order valence-electron chi connectivity index (χ4n) is 2.01. The Morgan fingerprint density at radius 3 is 2.43 bits per heavy atom. The van der Waals surface area contributed by atoms with Gasteiger partial charge in [-0.05, 0) is 37.5 Å². The van der Waals surface area contributed by atoms with E-state index in [9.17, 15) is 0 Å². The summed E-state index contributed by atoms with van der Waals surface area (Å²) in [5.74, 6) is 0. The van der Waals surface area contributed by atoms with E-state index in [1.54, 1.807) is 0 Å². The summed E-state index contributed by atoms with van der Waals surface area (Å²) < 4.78 is 0. The smallest absolute Gasteiger partial charge is 0.0393 e. The van der Waals surface area contributed by atoms with Crippen molar-refractivity contribution >= 4 is 11.3 Å². The second kappa shape index (κ2) is 3.33. The first-order valence-electron chi connectivity index (χ1n) is 4.92. The molecule has 1 aromatic carbocycles. The van der Waals surface area contributed by atoms with Crippen LogP contribution in [0.2, 0.25) is 0 Å². The summed E-state index contributed by atoms with van der Waals surface area (Å²) in [5, 5.41) is 0. The zero-order valence-corrected chi connectivity index (χ0v) is 8.67. The van der Waals surface area contributed by atoms with Gasteiger partial charge in [0.2, 0.25) is 0 Å². The van der Waals surface area contributed by atoms with Crippen LogP contribution in [0.5, 0.6) is 0 Å². The molecule has 1 heteroatoms. The van der Waals surface area contributed by atoms with Gasteiger partial charge in [0.05, 0.1) is 0 Å². The molecule has 0 amide bonds. The highest BCUT2D eigenvalue weighted by molar-refractivity contribution is 5.88. The number of nitrogens with two attached hydrogens (primary N) is 1. The molecule has 0 aliphatic heterocycles. The molecule has 2 rings (SSSR count). The fraction of sp³-hybridized carbons (Fsp3) is 0.231. The van der Waals surface area contributed by atoms with Gasteiger partial charge in [-0.1, -0.05) is 29.8 Å². The van der Waals surface area contributed by atoms with Crippen molar-refractivity contribution in [1.82, 2.24) is 0 Å². The van der Waals surface area contributed by atoms with Crippen molar-refractivity contribution in [3.05, 3.63) is 47.1 Å². The maximum absolute atomic E-state index is 5.96. The van der Waals surface area contributed by atoms with Crippen molar-refractivity contribution in [1.29, 1.82) is 0 Å². The van der Waals surface area contributed by atoms with E-state index in [2.05, 4.69) is 26.0 Å². The molecule has 0 heterocycles. The van der Waals surface area contributed by atoms with Crippen LogP contribution >= 0.6 is 0 Å². The minimum absolute atomic E-state index is 0.872. The standard InChI is InChI=1S/C13H15N/c1-9-7-8-10(2)13(9)11-5-3-4-6-12(11)14/h3-7H,8,14H2,1-2H3. The maximum Gasteiger partial charge on any atom is 0.0393 e. The minimum Gasteiger partial charge on any atom is -0.398 e. The van der Waals surface area contributed by atoms with Gasteiger partial charge in [0.1, 0.15) is 0 Å². The van der Waals surface area contributed by atoms with Crippen LogP contribution in [0.4, 0.5) is 5.69 Å². The summed E-state index contributed by atoms with van der Waals surface area (Å²) in [6, 6.07) is 8.07. The average Bonchev–Trinajstić information content (AvgIpc) is 2.48. The number of anilines is 1. The number of benzene rings is 1. The second-order valence-electron chi connectivity index (χ2n) is 3.83. The Morgan fingerprint density at radius 1 is 1.14 bits per heavy atom. The zero-order chi connectivity index (χ0) is 10.1. The van der Waals surface area contributed by atoms with E-state index < -0.39 is 0 Å². The summed E-state index contributed by atoms with van der Waals surface area (Å²) in [6.45, 7) is 4.33. The third-order valence-electron chi connectivity index (χ3n) is 2.77. The van der Waals surface area contributed by atoms with Crippen LogP contribution in [0.15, 0.2) is 41.5 Å². The molecule has 0 saturated carbocycles. The molecule has 1 aliphatic rings. The van der Waals surface area contributed by atoms with E-state index in [1.807, 2.05) is 18.2 Å². The monoisotopic (exact) mass is 185 g/mol. The first kappa shape index (κ1) is 9.07. The molecular weight excluding hydrogens is 170 g/mol. The predicted octanol–water partition coefficient (Wildman–Crippen LogP) is 3.39. The number of hydrogen-bond acceptors (Lipinski definition) is 1. The van der Waals surface area contributed by atoms with Crippen LogP contribution in [0.1, 0.15) is 25.8 Å². The molecule has 0 unspecified atom stereocenters. The molecule has 1 aromatic rings. The van der Waals surface area contributed by atoms with Crippen LogP contribution in [0.25, 0.3) is 5.57 Å². The number of nitrogen functional groups attached to an aromatic ring is 1. The Kier molecular flexibility index (Phi) is 2.16. The number of para-hydroxylation sites is 1. The molecule has 0 saturated heterocycles. The van der Waals surface area contributed by atoms with Crippen molar-refractivity contribution in [2.45, 2.75) is 20.3 Å². The molecule has 0 spiro atoms. The van der Waals surface area contributed by atoms with Gasteiger partial charge in [-0.15, -0.1) is 0 Å². The molecule has 0 radical (unpaired) electrons. The zero-order valence-electron chi connectivity index (χ0n) is 8.67. The lowest BCUT2D eigenvalue weighted by molar-refractivity contribution is 1.25. The Balaban J connectivity index is 2.56. The normalized spacial score (nSPS) is 16.0. The summed E-state index contributed by atoms with van der Waals surface area (Å²) in [4.78, 5) is 0. The van der Waals surface area contributed by atoms with E-state index in [1.165, 1.54) is 22.3 Å². The summed E-state index contributed by atoms with van der Waals surface area (Å²) in [7, 11) is 0.